The number of aromatic nitrogens is 2. The first kappa shape index (κ1) is 18.6. The van der Waals surface area contributed by atoms with Crippen LogP contribution in [0.15, 0.2) is 30.3 Å². The molecule has 0 fully saturated rings. The maximum Gasteiger partial charge on any atom is 0.272 e. The molecule has 0 spiro atoms. The van der Waals surface area contributed by atoms with Crippen LogP contribution in [0.25, 0.3) is 0 Å². The van der Waals surface area contributed by atoms with Crippen molar-refractivity contribution in [2.24, 2.45) is 0 Å². The number of carbonyl (C=O) groups is 1. The van der Waals surface area contributed by atoms with Crippen LogP contribution >= 0.6 is 0 Å². The van der Waals surface area contributed by atoms with Crippen LogP contribution in [0.4, 0.5) is 0 Å². The number of nitrogens with one attached hydrogen (secondary N) is 2. The minimum absolute atomic E-state index is 0.0511. The van der Waals surface area contributed by atoms with Gasteiger partial charge in [0.1, 0.15) is 0 Å². The first-order valence-electron chi connectivity index (χ1n) is 9.87. The van der Waals surface area contributed by atoms with Gasteiger partial charge in [0.05, 0.1) is 6.54 Å². The van der Waals surface area contributed by atoms with Crippen molar-refractivity contribution in [2.45, 2.75) is 58.5 Å². The van der Waals surface area contributed by atoms with Gasteiger partial charge in [0.15, 0.2) is 5.69 Å². The largest absolute Gasteiger partial charge is 0.351 e. The Balaban J connectivity index is 1.84. The van der Waals surface area contributed by atoms with Crippen LogP contribution in [0.1, 0.15) is 60.4 Å². The SMILES string of the molecule is CCCCNC1CCc2c(c(C(=O)NCC)nn2Cc2ccccc2)C1. The average molecular weight is 354 g/mol. The Morgan fingerprint density at radius 3 is 2.81 bits per heavy atom. The van der Waals surface area contributed by atoms with Crippen LogP contribution in [0.2, 0.25) is 0 Å². The summed E-state index contributed by atoms with van der Waals surface area (Å²) in [7, 11) is 0. The van der Waals surface area contributed by atoms with Gasteiger partial charge in [0.25, 0.3) is 5.91 Å². The number of nitrogens with zero attached hydrogens (tertiary/aromatic N) is 2. The van der Waals surface area contributed by atoms with Gasteiger partial charge in [-0.2, -0.15) is 5.10 Å². The van der Waals surface area contributed by atoms with Crippen LogP contribution in [0.5, 0.6) is 0 Å². The highest BCUT2D eigenvalue weighted by Crippen LogP contribution is 2.26. The molecule has 26 heavy (non-hydrogen) atoms. The predicted octanol–water partition coefficient (Wildman–Crippen LogP) is 2.93. The molecule has 0 saturated carbocycles. The van der Waals surface area contributed by atoms with E-state index in [2.05, 4.69) is 29.7 Å². The second kappa shape index (κ2) is 8.99. The zero-order chi connectivity index (χ0) is 18.4. The third-order valence-electron chi connectivity index (χ3n) is 5.04. The lowest BCUT2D eigenvalue weighted by Crippen LogP contribution is -2.36. The molecule has 5 heteroatoms. The molecule has 1 aliphatic carbocycles. The van der Waals surface area contributed by atoms with Gasteiger partial charge in [-0.15, -0.1) is 0 Å². The molecule has 2 N–H and O–H groups in total. The molecule has 1 atom stereocenters. The van der Waals surface area contributed by atoms with Gasteiger partial charge in [-0.25, -0.2) is 0 Å². The van der Waals surface area contributed by atoms with E-state index >= 15 is 0 Å². The minimum atomic E-state index is -0.0511. The summed E-state index contributed by atoms with van der Waals surface area (Å²) >= 11 is 0. The molecule has 0 saturated heterocycles. The van der Waals surface area contributed by atoms with Crippen molar-refractivity contribution in [3.8, 4) is 0 Å². The van der Waals surface area contributed by atoms with E-state index in [1.54, 1.807) is 0 Å². The third-order valence-corrected chi connectivity index (χ3v) is 5.04. The van der Waals surface area contributed by atoms with Crippen molar-refractivity contribution in [1.82, 2.24) is 20.4 Å². The summed E-state index contributed by atoms with van der Waals surface area (Å²) in [6.45, 7) is 6.54. The smallest absolute Gasteiger partial charge is 0.272 e. The van der Waals surface area contributed by atoms with Crippen LogP contribution in [0.3, 0.4) is 0 Å². The first-order valence-corrected chi connectivity index (χ1v) is 9.87. The minimum Gasteiger partial charge on any atom is -0.351 e. The van der Waals surface area contributed by atoms with Crippen LogP contribution in [0, 0.1) is 0 Å². The Bertz CT molecular complexity index is 723. The van der Waals surface area contributed by atoms with Gasteiger partial charge in [-0.1, -0.05) is 43.7 Å². The highest BCUT2D eigenvalue weighted by molar-refractivity contribution is 5.94. The van der Waals surface area contributed by atoms with Crippen molar-refractivity contribution in [3.63, 3.8) is 0 Å². The summed E-state index contributed by atoms with van der Waals surface area (Å²) in [5.41, 5.74) is 4.18. The zero-order valence-electron chi connectivity index (χ0n) is 15.9. The molecule has 0 bridgehead atoms. The average Bonchev–Trinajstić information content (AvgIpc) is 3.01. The summed E-state index contributed by atoms with van der Waals surface area (Å²) < 4.78 is 2.04. The van der Waals surface area contributed by atoms with Crippen LogP contribution in [-0.4, -0.2) is 34.8 Å². The van der Waals surface area contributed by atoms with Crippen molar-refractivity contribution in [3.05, 3.63) is 52.8 Å². The predicted molar refractivity (Wildman–Crippen MR) is 105 cm³/mol. The Hall–Kier alpha value is -2.14. The van der Waals surface area contributed by atoms with Gasteiger partial charge >= 0.3 is 0 Å². The highest BCUT2D eigenvalue weighted by Gasteiger charge is 2.28. The highest BCUT2D eigenvalue weighted by atomic mass is 16.1. The van der Waals surface area contributed by atoms with Crippen LogP contribution in [-0.2, 0) is 19.4 Å². The lowest BCUT2D eigenvalue weighted by atomic mass is 9.91. The second-order valence-corrected chi connectivity index (χ2v) is 7.02. The molecule has 1 amide bonds. The van der Waals surface area contributed by atoms with Crippen LogP contribution < -0.4 is 10.6 Å². The topological polar surface area (TPSA) is 59.0 Å². The standard InChI is InChI=1S/C21H30N4O/c1-3-5-13-23-17-11-12-19-18(14-17)20(21(26)22-4-2)24-25(19)15-16-9-7-6-8-10-16/h6-10,17,23H,3-5,11-15H2,1-2H3,(H,22,26). The first-order chi connectivity index (χ1) is 12.7. The van der Waals surface area contributed by atoms with E-state index in [0.717, 1.165) is 37.9 Å². The second-order valence-electron chi connectivity index (χ2n) is 7.02. The molecule has 1 unspecified atom stereocenters. The van der Waals surface area contributed by atoms with Gasteiger partial charge in [-0.3, -0.25) is 9.48 Å². The molecule has 5 nitrogen and oxygen atoms in total. The Kier molecular flexibility index (Phi) is 6.45. The number of amides is 1. The lowest BCUT2D eigenvalue weighted by Gasteiger charge is -2.24. The number of hydrogen-bond donors (Lipinski definition) is 2. The van der Waals surface area contributed by atoms with Gasteiger partial charge in [0, 0.05) is 23.8 Å². The van der Waals surface area contributed by atoms with Gasteiger partial charge < -0.3 is 10.6 Å². The molecule has 0 radical (unpaired) electrons. The fourth-order valence-electron chi connectivity index (χ4n) is 3.66. The Labute approximate surface area is 156 Å². The lowest BCUT2D eigenvalue weighted by molar-refractivity contribution is 0.0949. The summed E-state index contributed by atoms with van der Waals surface area (Å²) in [6.07, 6.45) is 5.36. The zero-order valence-corrected chi connectivity index (χ0v) is 15.9. The summed E-state index contributed by atoms with van der Waals surface area (Å²) in [4.78, 5) is 12.5. The fourth-order valence-corrected chi connectivity index (χ4v) is 3.66. The molecule has 1 aromatic carbocycles. The van der Waals surface area contributed by atoms with Crippen molar-refractivity contribution in [1.29, 1.82) is 0 Å². The summed E-state index contributed by atoms with van der Waals surface area (Å²) in [5.74, 6) is -0.0511. The van der Waals surface area contributed by atoms with Crippen molar-refractivity contribution in [2.75, 3.05) is 13.1 Å². The van der Waals surface area contributed by atoms with Crippen molar-refractivity contribution < 1.29 is 4.79 Å². The molecule has 3 rings (SSSR count). The number of carbonyl (C=O) groups excluding carboxylic acids is 1. The maximum atomic E-state index is 12.5. The van der Waals surface area contributed by atoms with E-state index in [1.807, 2.05) is 29.8 Å². The third kappa shape index (κ3) is 4.33. The summed E-state index contributed by atoms with van der Waals surface area (Å²) in [6, 6.07) is 10.8. The van der Waals surface area contributed by atoms with E-state index < -0.39 is 0 Å². The molecule has 1 aromatic heterocycles. The molecule has 1 heterocycles. The van der Waals surface area contributed by atoms with Gasteiger partial charge in [0.2, 0.25) is 0 Å². The fraction of sp³-hybridized carbons (Fsp3) is 0.524. The normalized spacial score (nSPS) is 16.3. The van der Waals surface area contributed by atoms with E-state index in [4.69, 9.17) is 5.10 Å². The molecular formula is C21H30N4O. The van der Waals surface area contributed by atoms with Crippen molar-refractivity contribution >= 4 is 5.91 Å². The number of unbranched alkanes of at least 4 members (excludes halogenated alkanes) is 1. The quantitative estimate of drug-likeness (QED) is 0.717. The summed E-state index contributed by atoms with van der Waals surface area (Å²) in [5, 5.41) is 11.3. The molecule has 0 aliphatic heterocycles. The monoisotopic (exact) mass is 354 g/mol. The molecular weight excluding hydrogens is 324 g/mol. The van der Waals surface area contributed by atoms with E-state index in [9.17, 15) is 4.79 Å². The number of fused-ring (bicyclic) bond motifs is 1. The Morgan fingerprint density at radius 2 is 2.08 bits per heavy atom. The van der Waals surface area contributed by atoms with E-state index in [-0.39, 0.29) is 5.91 Å². The van der Waals surface area contributed by atoms with E-state index in [1.165, 1.54) is 24.1 Å². The molecule has 2 aromatic rings. The van der Waals surface area contributed by atoms with E-state index in [0.29, 0.717) is 18.3 Å². The molecule has 1 aliphatic rings. The number of rotatable bonds is 8. The number of hydrogen-bond acceptors (Lipinski definition) is 3. The Morgan fingerprint density at radius 1 is 1.27 bits per heavy atom. The molecule has 140 valence electrons. The van der Waals surface area contributed by atoms with Gasteiger partial charge in [-0.05, 0) is 44.7 Å². The maximum absolute atomic E-state index is 12.5. The number of benzene rings is 1.